The number of hydrogen-bond donors (Lipinski definition) is 1. The average molecular weight is 292 g/mol. The quantitative estimate of drug-likeness (QED) is 0.860. The highest BCUT2D eigenvalue weighted by Gasteiger charge is 2.38. The highest BCUT2D eigenvalue weighted by Crippen LogP contribution is 2.41. The first-order chi connectivity index (χ1) is 8.75. The fourth-order valence-electron chi connectivity index (χ4n) is 1.69. The second-order valence-electron chi connectivity index (χ2n) is 3.66. The Kier molecular flexibility index (Phi) is 3.15. The first kappa shape index (κ1) is 11.8. The molecule has 1 aliphatic rings. The Morgan fingerprint density at radius 1 is 1.33 bits per heavy atom. The maximum Gasteiger partial charge on any atom is 0.186 e. The van der Waals surface area contributed by atoms with Crippen LogP contribution in [0.15, 0.2) is 34.0 Å². The molecule has 0 spiro atoms. The Morgan fingerprint density at radius 3 is 2.89 bits per heavy atom. The number of thiazole rings is 1. The molecule has 1 saturated heterocycles. The Bertz CT molecular complexity index is 614. The molecule has 0 aromatic carbocycles. The fourth-order valence-corrected chi connectivity index (χ4v) is 4.22. The van der Waals surface area contributed by atoms with E-state index in [9.17, 15) is 4.79 Å². The lowest BCUT2D eigenvalue weighted by Gasteiger charge is -2.01. The van der Waals surface area contributed by atoms with Crippen molar-refractivity contribution in [2.24, 2.45) is 0 Å². The number of nitrogens with zero attached hydrogens (tertiary/aromatic N) is 1. The molecule has 6 heteroatoms. The highest BCUT2D eigenvalue weighted by atomic mass is 32.2. The predicted molar refractivity (Wildman–Crippen MR) is 77.5 cm³/mol. The van der Waals surface area contributed by atoms with Crippen molar-refractivity contribution in [1.29, 1.82) is 5.41 Å². The van der Waals surface area contributed by atoms with Gasteiger partial charge in [-0.1, -0.05) is 17.8 Å². The van der Waals surface area contributed by atoms with Gasteiger partial charge < -0.3 is 0 Å². The van der Waals surface area contributed by atoms with Crippen LogP contribution in [0.2, 0.25) is 0 Å². The van der Waals surface area contributed by atoms with E-state index in [-0.39, 0.29) is 5.78 Å². The number of carbonyl (C=O) groups excluding carboxylic acids is 1. The summed E-state index contributed by atoms with van der Waals surface area (Å²) in [4.78, 5) is 18.1. The average Bonchev–Trinajstić information content (AvgIpc) is 3.03. The summed E-state index contributed by atoms with van der Waals surface area (Å²) >= 11 is 4.26. The van der Waals surface area contributed by atoms with E-state index in [1.807, 2.05) is 29.0 Å². The smallest absolute Gasteiger partial charge is 0.186 e. The lowest BCUT2D eigenvalue weighted by molar-refractivity contribution is -0.114. The van der Waals surface area contributed by atoms with Crippen LogP contribution in [0, 0.1) is 5.41 Å². The zero-order chi connectivity index (χ0) is 12.5. The minimum absolute atomic E-state index is 0.00616. The molecule has 3 nitrogen and oxygen atoms in total. The number of thiophene rings is 1. The summed E-state index contributed by atoms with van der Waals surface area (Å²) in [6.45, 7) is 0. The predicted octanol–water partition coefficient (Wildman–Crippen LogP) is 3.62. The van der Waals surface area contributed by atoms with Gasteiger partial charge in [0.25, 0.3) is 0 Å². The molecule has 0 bridgehead atoms. The van der Waals surface area contributed by atoms with Crippen LogP contribution in [0.4, 0.5) is 0 Å². The Hall–Kier alpha value is -1.24. The van der Waals surface area contributed by atoms with Gasteiger partial charge in [0.1, 0.15) is 10.9 Å². The molecule has 1 fully saturated rings. The molecule has 1 atom stereocenters. The zero-order valence-corrected chi connectivity index (χ0v) is 11.6. The highest BCUT2D eigenvalue weighted by molar-refractivity contribution is 8.19. The van der Waals surface area contributed by atoms with Gasteiger partial charge in [0.15, 0.2) is 5.78 Å². The van der Waals surface area contributed by atoms with Crippen LogP contribution in [-0.2, 0) is 4.79 Å². The molecular formula is C12H8N2OS3. The van der Waals surface area contributed by atoms with Crippen molar-refractivity contribution in [1.82, 2.24) is 4.98 Å². The molecule has 1 N–H and O–H groups in total. The largest absolute Gasteiger partial charge is 0.297 e. The summed E-state index contributed by atoms with van der Waals surface area (Å²) in [5, 5.41) is 12.8. The second kappa shape index (κ2) is 4.79. The summed E-state index contributed by atoms with van der Waals surface area (Å²) in [5.41, 5.74) is 0. The maximum absolute atomic E-state index is 12.3. The van der Waals surface area contributed by atoms with Gasteiger partial charge in [0.2, 0.25) is 0 Å². The molecule has 1 aliphatic heterocycles. The molecule has 3 rings (SSSR count). The molecule has 2 aromatic heterocycles. The molecule has 90 valence electrons. The van der Waals surface area contributed by atoms with E-state index in [0.29, 0.717) is 15.0 Å². The lowest BCUT2D eigenvalue weighted by atomic mass is 10.1. The number of aromatic nitrogens is 1. The summed E-state index contributed by atoms with van der Waals surface area (Å²) in [5.74, 6) is -0.491. The SMILES string of the molecule is N=C1S/C(=C\c2cccs2)C(=O)[C@H]1c1nccs1. The molecule has 3 heterocycles. The monoisotopic (exact) mass is 292 g/mol. The Labute approximate surface area is 116 Å². The van der Waals surface area contributed by atoms with Crippen LogP contribution >= 0.6 is 34.4 Å². The number of nitrogens with one attached hydrogen (secondary N) is 1. The number of Topliss-reactive ketones (excluding diaryl/α,β-unsaturated/α-hetero) is 1. The molecule has 0 saturated carbocycles. The van der Waals surface area contributed by atoms with Crippen LogP contribution in [0.25, 0.3) is 6.08 Å². The van der Waals surface area contributed by atoms with Crippen LogP contribution in [0.5, 0.6) is 0 Å². The van der Waals surface area contributed by atoms with Gasteiger partial charge in [-0.25, -0.2) is 4.98 Å². The number of rotatable bonds is 2. The van der Waals surface area contributed by atoms with Crippen LogP contribution < -0.4 is 0 Å². The second-order valence-corrected chi connectivity index (χ2v) is 6.65. The Morgan fingerprint density at radius 2 is 2.22 bits per heavy atom. The van der Waals surface area contributed by atoms with Gasteiger partial charge in [-0.05, 0) is 17.5 Å². The van der Waals surface area contributed by atoms with Crippen molar-refractivity contribution in [3.05, 3.63) is 43.9 Å². The van der Waals surface area contributed by atoms with Crippen molar-refractivity contribution in [2.75, 3.05) is 0 Å². The first-order valence-corrected chi connectivity index (χ1v) is 7.78. The van der Waals surface area contributed by atoms with E-state index < -0.39 is 5.92 Å². The van der Waals surface area contributed by atoms with E-state index in [2.05, 4.69) is 4.98 Å². The summed E-state index contributed by atoms with van der Waals surface area (Å²) < 4.78 is 0. The standard InChI is InChI=1S/C12H8N2OS3/c13-11-9(12-14-3-5-17-12)10(15)8(18-11)6-7-2-1-4-16-7/h1-6,9,13H/b8-6-,13-11?/t9-/m1/s1. The molecule has 0 unspecified atom stereocenters. The third-order valence-corrected chi connectivity index (χ3v) is 5.16. The topological polar surface area (TPSA) is 53.8 Å². The van der Waals surface area contributed by atoms with Crippen molar-refractivity contribution in [3.8, 4) is 0 Å². The van der Waals surface area contributed by atoms with Crippen LogP contribution in [-0.4, -0.2) is 15.8 Å². The van der Waals surface area contributed by atoms with E-state index in [4.69, 9.17) is 5.41 Å². The van der Waals surface area contributed by atoms with Gasteiger partial charge in [-0.2, -0.15) is 0 Å². The third kappa shape index (κ3) is 2.07. The number of carbonyl (C=O) groups is 1. The van der Waals surface area contributed by atoms with Gasteiger partial charge in [-0.3, -0.25) is 10.2 Å². The maximum atomic E-state index is 12.3. The molecular weight excluding hydrogens is 284 g/mol. The van der Waals surface area contributed by atoms with E-state index in [1.54, 1.807) is 17.5 Å². The zero-order valence-electron chi connectivity index (χ0n) is 9.12. The fraction of sp³-hybridized carbons (Fsp3) is 0.0833. The van der Waals surface area contributed by atoms with Crippen molar-refractivity contribution >= 4 is 51.3 Å². The van der Waals surface area contributed by atoms with E-state index in [1.165, 1.54) is 23.1 Å². The molecule has 2 aromatic rings. The number of ketones is 1. The summed E-state index contributed by atoms with van der Waals surface area (Å²) in [6, 6.07) is 3.91. The van der Waals surface area contributed by atoms with Gasteiger partial charge in [0, 0.05) is 16.5 Å². The van der Waals surface area contributed by atoms with Crippen molar-refractivity contribution in [3.63, 3.8) is 0 Å². The number of allylic oxidation sites excluding steroid dienone is 1. The Balaban J connectivity index is 1.94. The molecule has 18 heavy (non-hydrogen) atoms. The first-order valence-electron chi connectivity index (χ1n) is 5.21. The molecule has 0 amide bonds. The number of thioether (sulfide) groups is 1. The lowest BCUT2D eigenvalue weighted by Crippen LogP contribution is -2.11. The summed E-state index contributed by atoms with van der Waals surface area (Å²) in [7, 11) is 0. The normalized spacial score (nSPS) is 22.0. The van der Waals surface area contributed by atoms with Crippen LogP contribution in [0.1, 0.15) is 15.8 Å². The van der Waals surface area contributed by atoms with E-state index in [0.717, 1.165) is 4.88 Å². The molecule has 0 radical (unpaired) electrons. The molecule has 0 aliphatic carbocycles. The van der Waals surface area contributed by atoms with Gasteiger partial charge >= 0.3 is 0 Å². The third-order valence-electron chi connectivity index (χ3n) is 2.50. The van der Waals surface area contributed by atoms with Crippen molar-refractivity contribution in [2.45, 2.75) is 5.92 Å². The van der Waals surface area contributed by atoms with Crippen LogP contribution in [0.3, 0.4) is 0 Å². The summed E-state index contributed by atoms with van der Waals surface area (Å²) in [6.07, 6.45) is 3.53. The van der Waals surface area contributed by atoms with Gasteiger partial charge in [-0.15, -0.1) is 22.7 Å². The van der Waals surface area contributed by atoms with E-state index >= 15 is 0 Å². The number of hydrogen-bond acceptors (Lipinski definition) is 6. The van der Waals surface area contributed by atoms with Gasteiger partial charge in [0.05, 0.1) is 9.95 Å². The van der Waals surface area contributed by atoms with Crippen molar-refractivity contribution < 1.29 is 4.79 Å². The minimum atomic E-state index is -0.485. The minimum Gasteiger partial charge on any atom is -0.297 e.